The molecule has 8 heteroatoms. The van der Waals surface area contributed by atoms with Crippen molar-refractivity contribution in [1.82, 2.24) is 19.7 Å². The number of aryl methyl sites for hydroxylation is 1. The van der Waals surface area contributed by atoms with E-state index in [9.17, 15) is 5.11 Å². The van der Waals surface area contributed by atoms with Crippen LogP contribution in [0.3, 0.4) is 0 Å². The van der Waals surface area contributed by atoms with Crippen LogP contribution in [0.5, 0.6) is 0 Å². The lowest BCUT2D eigenvalue weighted by atomic mass is 9.87. The van der Waals surface area contributed by atoms with Crippen LogP contribution in [0.4, 0.5) is 0 Å². The lowest BCUT2D eigenvalue weighted by Gasteiger charge is -2.20. The van der Waals surface area contributed by atoms with E-state index in [-0.39, 0.29) is 6.61 Å². The van der Waals surface area contributed by atoms with Crippen molar-refractivity contribution in [3.63, 3.8) is 0 Å². The second-order valence-corrected chi connectivity index (χ2v) is 9.83. The molecular formula is C27H22Cl2N4OS. The van der Waals surface area contributed by atoms with Gasteiger partial charge >= 0.3 is 0 Å². The molecule has 0 aliphatic rings. The van der Waals surface area contributed by atoms with Crippen LogP contribution in [0.15, 0.2) is 65.8 Å². The average Bonchev–Trinajstić information content (AvgIpc) is 3.22. The van der Waals surface area contributed by atoms with E-state index in [1.54, 1.807) is 0 Å². The van der Waals surface area contributed by atoms with Crippen molar-refractivity contribution in [2.75, 3.05) is 6.26 Å². The molecule has 0 spiro atoms. The molecule has 35 heavy (non-hydrogen) atoms. The van der Waals surface area contributed by atoms with Gasteiger partial charge in [0.05, 0.1) is 12.1 Å². The molecule has 5 aromatic rings. The lowest BCUT2D eigenvalue weighted by molar-refractivity contribution is 0.282. The van der Waals surface area contributed by atoms with Crippen molar-refractivity contribution >= 4 is 45.9 Å². The Labute approximate surface area is 217 Å². The van der Waals surface area contributed by atoms with Crippen LogP contribution in [0, 0.1) is 6.92 Å². The fourth-order valence-electron chi connectivity index (χ4n) is 4.52. The second-order valence-electron chi connectivity index (χ2n) is 8.19. The van der Waals surface area contributed by atoms with E-state index in [1.165, 1.54) is 11.8 Å². The third-order valence-corrected chi connectivity index (χ3v) is 7.28. The van der Waals surface area contributed by atoms with Crippen molar-refractivity contribution in [2.45, 2.75) is 18.7 Å². The number of benzene rings is 3. The number of aliphatic hydroxyl groups is 1. The number of hydrogen-bond acceptors (Lipinski definition) is 5. The first kappa shape index (κ1) is 23.8. The summed E-state index contributed by atoms with van der Waals surface area (Å²) < 4.78 is 1.98. The molecule has 0 bridgehead atoms. The maximum atomic E-state index is 10.3. The summed E-state index contributed by atoms with van der Waals surface area (Å²) in [4.78, 5) is 4.99. The summed E-state index contributed by atoms with van der Waals surface area (Å²) in [5, 5.41) is 22.2. The van der Waals surface area contributed by atoms with Gasteiger partial charge in [-0.2, -0.15) is 0 Å². The summed E-state index contributed by atoms with van der Waals surface area (Å²) >= 11 is 14.2. The minimum absolute atomic E-state index is 0.118. The molecule has 0 fully saturated rings. The van der Waals surface area contributed by atoms with Gasteiger partial charge in [-0.15, -0.1) is 10.2 Å². The molecule has 3 aromatic carbocycles. The molecule has 0 saturated carbocycles. The Bertz CT molecular complexity index is 1560. The number of halogens is 2. The van der Waals surface area contributed by atoms with Crippen LogP contribution >= 0.6 is 35.0 Å². The van der Waals surface area contributed by atoms with Crippen molar-refractivity contribution in [1.29, 1.82) is 0 Å². The molecule has 2 aromatic heterocycles. The standard InChI is InChI=1S/C27H22Cl2N4OS/c1-15-22(26-31-32-27(35-3)33(26)2)24(17-5-4-6-20(29)13-17)25-21(30-15)12-9-18(14-34)23(25)16-7-10-19(28)11-8-16/h4-13,34H,14H2,1-3H3. The molecule has 0 saturated heterocycles. The maximum absolute atomic E-state index is 10.3. The largest absolute Gasteiger partial charge is 0.392 e. The zero-order valence-corrected chi connectivity index (χ0v) is 21.7. The van der Waals surface area contributed by atoms with Gasteiger partial charge in [-0.05, 0) is 65.8 Å². The smallest absolute Gasteiger partial charge is 0.190 e. The SMILES string of the molecule is CSc1nnc(-c2c(C)nc3ccc(CO)c(-c4ccc(Cl)cc4)c3c2-c2cccc(Cl)c2)n1C. The summed E-state index contributed by atoms with van der Waals surface area (Å²) in [5.74, 6) is 0.715. The number of rotatable bonds is 5. The fraction of sp³-hybridized carbons (Fsp3) is 0.148. The first-order valence-corrected chi connectivity index (χ1v) is 12.9. The Hall–Kier alpha value is -2.90. The number of fused-ring (bicyclic) bond motifs is 1. The van der Waals surface area contributed by atoms with Gasteiger partial charge in [-0.3, -0.25) is 4.98 Å². The Morgan fingerprint density at radius 2 is 1.66 bits per heavy atom. The zero-order valence-electron chi connectivity index (χ0n) is 19.4. The minimum atomic E-state index is -0.118. The molecule has 0 aliphatic heterocycles. The van der Waals surface area contributed by atoms with E-state index in [1.807, 2.05) is 85.5 Å². The lowest BCUT2D eigenvalue weighted by Crippen LogP contribution is -2.03. The number of hydrogen-bond donors (Lipinski definition) is 1. The average molecular weight is 521 g/mol. The minimum Gasteiger partial charge on any atom is -0.392 e. The van der Waals surface area contributed by atoms with E-state index >= 15 is 0 Å². The monoisotopic (exact) mass is 520 g/mol. The predicted molar refractivity (Wildman–Crippen MR) is 145 cm³/mol. The predicted octanol–water partition coefficient (Wildman–Crippen LogP) is 7.19. The van der Waals surface area contributed by atoms with Crippen LogP contribution < -0.4 is 0 Å². The van der Waals surface area contributed by atoms with E-state index in [0.29, 0.717) is 15.9 Å². The third-order valence-electron chi connectivity index (χ3n) is 6.08. The molecule has 0 aliphatic carbocycles. The van der Waals surface area contributed by atoms with Gasteiger partial charge < -0.3 is 9.67 Å². The fourth-order valence-corrected chi connectivity index (χ4v) is 5.32. The Balaban J connectivity index is 2.00. The van der Waals surface area contributed by atoms with Gasteiger partial charge in [0.25, 0.3) is 0 Å². The molecule has 0 unspecified atom stereocenters. The molecule has 5 rings (SSSR count). The summed E-state index contributed by atoms with van der Waals surface area (Å²) in [6.45, 7) is 1.87. The van der Waals surface area contributed by atoms with Crippen LogP contribution in [-0.2, 0) is 13.7 Å². The molecule has 176 valence electrons. The first-order chi connectivity index (χ1) is 16.9. The Kier molecular flexibility index (Phi) is 6.55. The number of thioether (sulfide) groups is 1. The molecule has 0 atom stereocenters. The van der Waals surface area contributed by atoms with Crippen LogP contribution in [0.25, 0.3) is 44.5 Å². The van der Waals surface area contributed by atoms with Gasteiger partial charge in [0.1, 0.15) is 0 Å². The quantitative estimate of drug-likeness (QED) is 0.248. The number of pyridine rings is 1. The summed E-state index contributed by atoms with van der Waals surface area (Å²) in [5.41, 5.74) is 7.03. The first-order valence-electron chi connectivity index (χ1n) is 11.0. The van der Waals surface area contributed by atoms with Crippen molar-refractivity contribution in [2.24, 2.45) is 7.05 Å². The molecule has 1 N–H and O–H groups in total. The molecular weight excluding hydrogens is 499 g/mol. The van der Waals surface area contributed by atoms with E-state index in [2.05, 4.69) is 10.2 Å². The third kappa shape index (κ3) is 4.21. The van der Waals surface area contributed by atoms with Crippen LogP contribution in [0.1, 0.15) is 11.3 Å². The van der Waals surface area contributed by atoms with Gasteiger partial charge in [-0.1, -0.05) is 65.3 Å². The van der Waals surface area contributed by atoms with Gasteiger partial charge in [0.15, 0.2) is 11.0 Å². The second kappa shape index (κ2) is 9.63. The summed E-state index contributed by atoms with van der Waals surface area (Å²) in [6, 6.07) is 19.3. The number of aliphatic hydroxyl groups excluding tert-OH is 1. The molecule has 2 heterocycles. The number of nitrogens with zero attached hydrogens (tertiary/aromatic N) is 4. The summed E-state index contributed by atoms with van der Waals surface area (Å²) in [6.07, 6.45) is 1.98. The van der Waals surface area contributed by atoms with Crippen molar-refractivity contribution < 1.29 is 5.11 Å². The van der Waals surface area contributed by atoms with Crippen LogP contribution in [0.2, 0.25) is 10.0 Å². The highest BCUT2D eigenvalue weighted by Crippen LogP contribution is 2.44. The van der Waals surface area contributed by atoms with Crippen LogP contribution in [-0.4, -0.2) is 31.1 Å². The van der Waals surface area contributed by atoms with Gasteiger partial charge in [0.2, 0.25) is 0 Å². The maximum Gasteiger partial charge on any atom is 0.190 e. The molecule has 5 nitrogen and oxygen atoms in total. The van der Waals surface area contributed by atoms with Crippen molar-refractivity contribution in [3.05, 3.63) is 82.0 Å². The van der Waals surface area contributed by atoms with E-state index < -0.39 is 0 Å². The number of aromatic nitrogens is 4. The van der Waals surface area contributed by atoms with Gasteiger partial charge in [0, 0.05) is 39.3 Å². The van der Waals surface area contributed by atoms with E-state index in [4.69, 9.17) is 28.2 Å². The highest BCUT2D eigenvalue weighted by molar-refractivity contribution is 7.98. The molecule has 0 radical (unpaired) electrons. The normalized spacial score (nSPS) is 11.4. The highest BCUT2D eigenvalue weighted by Gasteiger charge is 2.24. The topological polar surface area (TPSA) is 63.8 Å². The Morgan fingerprint density at radius 3 is 2.31 bits per heavy atom. The molecule has 0 amide bonds. The van der Waals surface area contributed by atoms with Gasteiger partial charge in [-0.25, -0.2) is 0 Å². The van der Waals surface area contributed by atoms with Crippen molar-refractivity contribution in [3.8, 4) is 33.6 Å². The van der Waals surface area contributed by atoms with E-state index in [0.717, 1.165) is 55.1 Å². The highest BCUT2D eigenvalue weighted by atomic mass is 35.5. The zero-order chi connectivity index (χ0) is 24.7. The Morgan fingerprint density at radius 1 is 0.886 bits per heavy atom. The summed E-state index contributed by atoms with van der Waals surface area (Å²) in [7, 11) is 1.96.